The zero-order valence-corrected chi connectivity index (χ0v) is 15.5. The summed E-state index contributed by atoms with van der Waals surface area (Å²) in [5, 5.41) is 2.33. The van der Waals surface area contributed by atoms with Crippen molar-refractivity contribution < 1.29 is 0 Å². The Balaban J connectivity index is 1.91. The van der Waals surface area contributed by atoms with Crippen LogP contribution in [-0.4, -0.2) is 14.5 Å². The van der Waals surface area contributed by atoms with Crippen LogP contribution in [0.15, 0.2) is 54.8 Å². The summed E-state index contributed by atoms with van der Waals surface area (Å²) in [7, 11) is 0. The lowest BCUT2D eigenvalue weighted by atomic mass is 10.0. The third-order valence-electron chi connectivity index (χ3n) is 4.61. The van der Waals surface area contributed by atoms with Crippen molar-refractivity contribution in [2.45, 2.75) is 46.6 Å². The fourth-order valence-electron chi connectivity index (χ4n) is 3.34. The van der Waals surface area contributed by atoms with Gasteiger partial charge in [0.15, 0.2) is 0 Å². The second-order valence-electron chi connectivity index (χ2n) is 7.11. The average molecular weight is 333 g/mol. The molecule has 0 saturated heterocycles. The molecule has 0 amide bonds. The Kier molecular flexibility index (Phi) is 5.32. The molecule has 3 nitrogen and oxygen atoms in total. The molecule has 3 rings (SSSR count). The molecule has 25 heavy (non-hydrogen) atoms. The predicted molar refractivity (Wildman–Crippen MR) is 107 cm³/mol. The highest BCUT2D eigenvalue weighted by atomic mass is 15.1. The van der Waals surface area contributed by atoms with E-state index in [2.05, 4.69) is 67.2 Å². The first-order chi connectivity index (χ1) is 12.1. The number of aromatic nitrogens is 3. The van der Waals surface area contributed by atoms with E-state index in [0.717, 1.165) is 36.2 Å². The summed E-state index contributed by atoms with van der Waals surface area (Å²) in [6.07, 6.45) is 9.44. The highest BCUT2D eigenvalue weighted by molar-refractivity contribution is 6.06. The van der Waals surface area contributed by atoms with Crippen molar-refractivity contribution in [3.8, 4) is 0 Å². The molecule has 0 radical (unpaired) electrons. The maximum atomic E-state index is 4.90. The van der Waals surface area contributed by atoms with Gasteiger partial charge in [-0.3, -0.25) is 0 Å². The predicted octanol–water partition coefficient (Wildman–Crippen LogP) is 5.70. The van der Waals surface area contributed by atoms with Gasteiger partial charge in [0.05, 0.1) is 5.52 Å². The number of rotatable bonds is 7. The number of hydrogen-bond acceptors (Lipinski definition) is 2. The van der Waals surface area contributed by atoms with Crippen molar-refractivity contribution in [3.63, 3.8) is 0 Å². The molecule has 0 spiro atoms. The van der Waals surface area contributed by atoms with E-state index in [1.54, 1.807) is 0 Å². The summed E-state index contributed by atoms with van der Waals surface area (Å²) in [6, 6.07) is 8.42. The molecular weight excluding hydrogens is 306 g/mol. The third kappa shape index (κ3) is 3.81. The van der Waals surface area contributed by atoms with Gasteiger partial charge in [-0.2, -0.15) is 0 Å². The van der Waals surface area contributed by atoms with Crippen LogP contribution in [0.25, 0.3) is 21.9 Å². The van der Waals surface area contributed by atoms with Crippen LogP contribution in [-0.2, 0) is 13.0 Å². The summed E-state index contributed by atoms with van der Waals surface area (Å²) in [6.45, 7) is 11.2. The van der Waals surface area contributed by atoms with Gasteiger partial charge in [-0.1, -0.05) is 42.8 Å². The molecule has 0 aliphatic heterocycles. The normalized spacial score (nSPS) is 12.4. The molecule has 0 fully saturated rings. The maximum absolute atomic E-state index is 4.90. The SMILES string of the molecule is C=CCn1c2ccccc2c2cnc(C[C@H](C)CCC=C(C)C)nc21. The third-order valence-corrected chi connectivity index (χ3v) is 4.61. The lowest BCUT2D eigenvalue weighted by Gasteiger charge is -2.09. The molecule has 0 aliphatic rings. The molecule has 0 unspecified atom stereocenters. The second-order valence-corrected chi connectivity index (χ2v) is 7.11. The van der Waals surface area contributed by atoms with Crippen molar-refractivity contribution in [1.82, 2.24) is 14.5 Å². The van der Waals surface area contributed by atoms with E-state index in [0.29, 0.717) is 5.92 Å². The van der Waals surface area contributed by atoms with Crippen LogP contribution in [0, 0.1) is 5.92 Å². The molecule has 0 aliphatic carbocycles. The first-order valence-electron chi connectivity index (χ1n) is 9.07. The van der Waals surface area contributed by atoms with E-state index >= 15 is 0 Å². The van der Waals surface area contributed by atoms with Crippen molar-refractivity contribution in [2.75, 3.05) is 0 Å². The van der Waals surface area contributed by atoms with Crippen LogP contribution in [0.5, 0.6) is 0 Å². The molecule has 0 bridgehead atoms. The number of allylic oxidation sites excluding steroid dienone is 3. The van der Waals surface area contributed by atoms with Gasteiger partial charge in [0.1, 0.15) is 11.5 Å². The van der Waals surface area contributed by atoms with Crippen LogP contribution in [0.2, 0.25) is 0 Å². The number of nitrogens with zero attached hydrogens (tertiary/aromatic N) is 3. The summed E-state index contributed by atoms with van der Waals surface area (Å²) in [4.78, 5) is 9.55. The van der Waals surface area contributed by atoms with E-state index < -0.39 is 0 Å². The quantitative estimate of drug-likeness (QED) is 0.520. The minimum absolute atomic E-state index is 0.574. The Morgan fingerprint density at radius 1 is 1.24 bits per heavy atom. The van der Waals surface area contributed by atoms with Gasteiger partial charge in [0.2, 0.25) is 0 Å². The molecule has 130 valence electrons. The zero-order chi connectivity index (χ0) is 17.8. The molecular formula is C22H27N3. The van der Waals surface area contributed by atoms with E-state index in [-0.39, 0.29) is 0 Å². The van der Waals surface area contributed by atoms with Gasteiger partial charge in [-0.25, -0.2) is 9.97 Å². The number of para-hydroxylation sites is 1. The Hall–Kier alpha value is -2.42. The first kappa shape index (κ1) is 17.4. The van der Waals surface area contributed by atoms with Crippen LogP contribution >= 0.6 is 0 Å². The first-order valence-corrected chi connectivity index (χ1v) is 9.07. The molecule has 3 aromatic rings. The minimum Gasteiger partial charge on any atom is -0.321 e. The summed E-state index contributed by atoms with van der Waals surface area (Å²) < 4.78 is 2.23. The molecule has 3 heteroatoms. The van der Waals surface area contributed by atoms with Crippen LogP contribution < -0.4 is 0 Å². The van der Waals surface area contributed by atoms with Crippen LogP contribution in [0.1, 0.15) is 39.4 Å². The van der Waals surface area contributed by atoms with Gasteiger partial charge in [-0.15, -0.1) is 6.58 Å². The number of fused-ring (bicyclic) bond motifs is 3. The standard InChI is InChI=1S/C22H27N3/c1-5-13-25-20-12-7-6-11-18(20)19-15-23-21(24-22(19)25)14-17(4)10-8-9-16(2)3/h5-7,9,11-12,15,17H,1,8,10,13-14H2,2-4H3/t17-/m1/s1. The van der Waals surface area contributed by atoms with Gasteiger partial charge < -0.3 is 4.57 Å². The van der Waals surface area contributed by atoms with Gasteiger partial charge >= 0.3 is 0 Å². The molecule has 1 atom stereocenters. The maximum Gasteiger partial charge on any atom is 0.145 e. The lowest BCUT2D eigenvalue weighted by molar-refractivity contribution is 0.521. The van der Waals surface area contributed by atoms with Crippen molar-refractivity contribution in [3.05, 3.63) is 60.6 Å². The zero-order valence-electron chi connectivity index (χ0n) is 15.5. The van der Waals surface area contributed by atoms with E-state index in [9.17, 15) is 0 Å². The molecule has 2 heterocycles. The fourth-order valence-corrected chi connectivity index (χ4v) is 3.34. The number of hydrogen-bond donors (Lipinski definition) is 0. The van der Waals surface area contributed by atoms with Gasteiger partial charge in [-0.05, 0) is 38.7 Å². The highest BCUT2D eigenvalue weighted by Crippen LogP contribution is 2.27. The van der Waals surface area contributed by atoms with Crippen molar-refractivity contribution in [1.29, 1.82) is 0 Å². The topological polar surface area (TPSA) is 30.7 Å². The Morgan fingerprint density at radius 2 is 2.04 bits per heavy atom. The van der Waals surface area contributed by atoms with E-state index in [1.165, 1.54) is 22.9 Å². The van der Waals surface area contributed by atoms with Crippen LogP contribution in [0.4, 0.5) is 0 Å². The van der Waals surface area contributed by atoms with Crippen molar-refractivity contribution >= 4 is 21.9 Å². The second kappa shape index (κ2) is 7.64. The van der Waals surface area contributed by atoms with Gasteiger partial charge in [0.25, 0.3) is 0 Å². The van der Waals surface area contributed by atoms with E-state index in [4.69, 9.17) is 4.98 Å². The van der Waals surface area contributed by atoms with Crippen molar-refractivity contribution in [2.24, 2.45) is 5.92 Å². The number of benzene rings is 1. The fraction of sp³-hybridized carbons (Fsp3) is 0.364. The Bertz CT molecular complexity index is 914. The summed E-state index contributed by atoms with van der Waals surface area (Å²) in [5.41, 5.74) is 3.60. The van der Waals surface area contributed by atoms with E-state index in [1.807, 2.05) is 12.3 Å². The Morgan fingerprint density at radius 3 is 2.80 bits per heavy atom. The average Bonchev–Trinajstić information content (AvgIpc) is 2.89. The monoisotopic (exact) mass is 333 g/mol. The smallest absolute Gasteiger partial charge is 0.145 e. The van der Waals surface area contributed by atoms with Crippen LogP contribution in [0.3, 0.4) is 0 Å². The molecule has 2 aromatic heterocycles. The molecule has 0 N–H and O–H groups in total. The summed E-state index contributed by atoms with van der Waals surface area (Å²) in [5.74, 6) is 1.51. The molecule has 1 aromatic carbocycles. The van der Waals surface area contributed by atoms with Gasteiger partial charge in [0, 0.05) is 29.9 Å². The highest BCUT2D eigenvalue weighted by Gasteiger charge is 2.13. The molecule has 0 saturated carbocycles. The summed E-state index contributed by atoms with van der Waals surface area (Å²) >= 11 is 0. The largest absolute Gasteiger partial charge is 0.321 e. The Labute approximate surface area is 150 Å². The minimum atomic E-state index is 0.574. The lowest BCUT2D eigenvalue weighted by Crippen LogP contribution is -2.05.